The summed E-state index contributed by atoms with van der Waals surface area (Å²) in [6, 6.07) is 11.6. The van der Waals surface area contributed by atoms with Gasteiger partial charge in [0, 0.05) is 17.1 Å². The molecule has 0 bridgehead atoms. The van der Waals surface area contributed by atoms with E-state index in [1.165, 1.54) is 24.3 Å². The number of amides is 3. The average molecular weight is 371 g/mol. The van der Waals surface area contributed by atoms with Crippen LogP contribution in [0.2, 0.25) is 0 Å². The number of carbonyl (C=O) groups excluding carboxylic acids is 2. The molecule has 0 aliphatic carbocycles. The highest BCUT2D eigenvalue weighted by Gasteiger charge is 2.48. The Morgan fingerprint density at radius 3 is 2.33 bits per heavy atom. The van der Waals surface area contributed by atoms with Gasteiger partial charge in [0.15, 0.2) is 0 Å². The van der Waals surface area contributed by atoms with Crippen molar-refractivity contribution in [3.8, 4) is 5.75 Å². The third kappa shape index (κ3) is 4.02. The van der Waals surface area contributed by atoms with Gasteiger partial charge < -0.3 is 20.7 Å². The molecule has 27 heavy (non-hydrogen) atoms. The molecule has 142 valence electrons. The molecule has 7 heteroatoms. The number of urea groups is 1. The molecule has 0 saturated carbocycles. The number of nitrogens with one attached hydrogen (secondary N) is 3. The van der Waals surface area contributed by atoms with Gasteiger partial charge in [-0.2, -0.15) is 0 Å². The highest BCUT2D eigenvalue weighted by molar-refractivity contribution is 5.95. The molecule has 2 aromatic rings. The number of halogens is 1. The molecule has 3 N–H and O–H groups in total. The van der Waals surface area contributed by atoms with Crippen LogP contribution < -0.4 is 20.7 Å². The number of rotatable bonds is 4. The van der Waals surface area contributed by atoms with Gasteiger partial charge in [-0.05, 0) is 55.8 Å². The summed E-state index contributed by atoms with van der Waals surface area (Å²) < 4.78 is 18.2. The van der Waals surface area contributed by atoms with Crippen molar-refractivity contribution < 1.29 is 18.7 Å². The van der Waals surface area contributed by atoms with Crippen LogP contribution in [0.4, 0.5) is 14.9 Å². The Balaban J connectivity index is 1.79. The van der Waals surface area contributed by atoms with Crippen molar-refractivity contribution in [1.29, 1.82) is 0 Å². The summed E-state index contributed by atoms with van der Waals surface area (Å²) in [7, 11) is 1.59. The Hall–Kier alpha value is -3.09. The zero-order valence-electron chi connectivity index (χ0n) is 15.4. The minimum absolute atomic E-state index is 0.255. The number of methoxy groups -OCH3 is 1. The molecule has 1 saturated heterocycles. The average Bonchev–Trinajstić information content (AvgIpc) is 2.85. The summed E-state index contributed by atoms with van der Waals surface area (Å²) in [6.45, 7) is 3.83. The van der Waals surface area contributed by atoms with Crippen molar-refractivity contribution in [2.24, 2.45) is 0 Å². The Morgan fingerprint density at radius 1 is 1.11 bits per heavy atom. The van der Waals surface area contributed by atoms with Crippen molar-refractivity contribution in [2.45, 2.75) is 31.3 Å². The van der Waals surface area contributed by atoms with Gasteiger partial charge in [0.25, 0.3) is 0 Å². The zero-order chi connectivity index (χ0) is 19.6. The fourth-order valence-corrected chi connectivity index (χ4v) is 3.45. The molecular formula is C20H22FN3O3. The molecule has 2 atom stereocenters. The first-order valence-electron chi connectivity index (χ1n) is 8.59. The standard InChI is InChI=1S/C20H22FN3O3/c1-20(2)16(12-4-10-15(27-3)11-5-12)17(18(25)24-20)23-19(26)22-14-8-6-13(21)7-9-14/h4-11,16-17H,1-3H3,(H,24,25)(H2,22,23,26)/t16-,17-/m0/s1. The van der Waals surface area contributed by atoms with Crippen LogP contribution in [0.25, 0.3) is 0 Å². The van der Waals surface area contributed by atoms with Crippen LogP contribution in [0.3, 0.4) is 0 Å². The second kappa shape index (κ2) is 7.26. The first kappa shape index (κ1) is 18.7. The van der Waals surface area contributed by atoms with E-state index in [-0.39, 0.29) is 11.8 Å². The summed E-state index contributed by atoms with van der Waals surface area (Å²) in [4.78, 5) is 24.9. The Morgan fingerprint density at radius 2 is 1.74 bits per heavy atom. The summed E-state index contributed by atoms with van der Waals surface area (Å²) in [5.74, 6) is -0.199. The lowest BCUT2D eigenvalue weighted by atomic mass is 9.80. The van der Waals surface area contributed by atoms with Gasteiger partial charge in [-0.3, -0.25) is 4.79 Å². The molecule has 0 unspecified atom stereocenters. The summed E-state index contributed by atoms with van der Waals surface area (Å²) in [5.41, 5.74) is 0.804. The second-order valence-corrected chi connectivity index (χ2v) is 7.04. The summed E-state index contributed by atoms with van der Waals surface area (Å²) >= 11 is 0. The van der Waals surface area contributed by atoms with E-state index in [1.54, 1.807) is 7.11 Å². The topological polar surface area (TPSA) is 79.5 Å². The number of anilines is 1. The lowest BCUT2D eigenvalue weighted by molar-refractivity contribution is -0.121. The van der Waals surface area contributed by atoms with Gasteiger partial charge in [-0.15, -0.1) is 0 Å². The van der Waals surface area contributed by atoms with Crippen molar-refractivity contribution in [3.05, 3.63) is 59.9 Å². The number of carbonyl (C=O) groups is 2. The zero-order valence-corrected chi connectivity index (χ0v) is 15.4. The first-order chi connectivity index (χ1) is 12.8. The van der Waals surface area contributed by atoms with Gasteiger partial charge in [0.1, 0.15) is 17.6 Å². The number of hydrogen-bond donors (Lipinski definition) is 3. The van der Waals surface area contributed by atoms with Crippen LogP contribution in [0, 0.1) is 5.82 Å². The monoisotopic (exact) mass is 371 g/mol. The van der Waals surface area contributed by atoms with E-state index >= 15 is 0 Å². The Labute approximate surface area is 157 Å². The molecule has 1 aliphatic heterocycles. The maximum absolute atomic E-state index is 13.0. The van der Waals surface area contributed by atoms with Crippen LogP contribution in [-0.4, -0.2) is 30.6 Å². The van der Waals surface area contributed by atoms with Gasteiger partial charge in [0.05, 0.1) is 7.11 Å². The van der Waals surface area contributed by atoms with Crippen LogP contribution in [0.15, 0.2) is 48.5 Å². The SMILES string of the molecule is COc1ccc([C@H]2[C@H](NC(=O)Nc3ccc(F)cc3)C(=O)NC2(C)C)cc1. The fraction of sp³-hybridized carbons (Fsp3) is 0.300. The summed E-state index contributed by atoms with van der Waals surface area (Å²) in [5, 5.41) is 8.29. The molecule has 1 fully saturated rings. The van der Waals surface area contributed by atoms with Gasteiger partial charge in [-0.25, -0.2) is 9.18 Å². The van der Waals surface area contributed by atoms with E-state index in [4.69, 9.17) is 4.74 Å². The minimum Gasteiger partial charge on any atom is -0.497 e. The molecule has 0 spiro atoms. The van der Waals surface area contributed by atoms with E-state index in [9.17, 15) is 14.0 Å². The molecule has 6 nitrogen and oxygen atoms in total. The van der Waals surface area contributed by atoms with E-state index in [2.05, 4.69) is 16.0 Å². The molecule has 3 amide bonds. The van der Waals surface area contributed by atoms with E-state index in [0.717, 1.165) is 5.56 Å². The molecular weight excluding hydrogens is 349 g/mol. The fourth-order valence-electron chi connectivity index (χ4n) is 3.45. The highest BCUT2D eigenvalue weighted by atomic mass is 19.1. The lowest BCUT2D eigenvalue weighted by Crippen LogP contribution is -2.45. The summed E-state index contributed by atoms with van der Waals surface area (Å²) in [6.07, 6.45) is 0. The van der Waals surface area contributed by atoms with Crippen LogP contribution in [0.5, 0.6) is 5.75 Å². The van der Waals surface area contributed by atoms with Crippen LogP contribution >= 0.6 is 0 Å². The molecule has 2 aromatic carbocycles. The number of benzene rings is 2. The Bertz CT molecular complexity index is 835. The van der Waals surface area contributed by atoms with Crippen molar-refractivity contribution >= 4 is 17.6 Å². The van der Waals surface area contributed by atoms with Gasteiger partial charge in [0.2, 0.25) is 5.91 Å². The minimum atomic E-state index is -0.742. The van der Waals surface area contributed by atoms with Crippen LogP contribution in [0.1, 0.15) is 25.3 Å². The largest absolute Gasteiger partial charge is 0.497 e. The predicted molar refractivity (Wildman–Crippen MR) is 100 cm³/mol. The molecule has 1 aliphatic rings. The second-order valence-electron chi connectivity index (χ2n) is 7.04. The van der Waals surface area contributed by atoms with E-state index in [0.29, 0.717) is 11.4 Å². The normalized spacial score (nSPS) is 20.7. The molecule has 1 heterocycles. The smallest absolute Gasteiger partial charge is 0.319 e. The quantitative estimate of drug-likeness (QED) is 0.773. The first-order valence-corrected chi connectivity index (χ1v) is 8.59. The number of hydrogen-bond acceptors (Lipinski definition) is 3. The highest BCUT2D eigenvalue weighted by Crippen LogP contribution is 2.37. The third-order valence-corrected chi connectivity index (χ3v) is 4.70. The van der Waals surface area contributed by atoms with Crippen molar-refractivity contribution in [3.63, 3.8) is 0 Å². The lowest BCUT2D eigenvalue weighted by Gasteiger charge is -2.29. The van der Waals surface area contributed by atoms with Crippen molar-refractivity contribution in [1.82, 2.24) is 10.6 Å². The predicted octanol–water partition coefficient (Wildman–Crippen LogP) is 3.02. The maximum Gasteiger partial charge on any atom is 0.319 e. The van der Waals surface area contributed by atoms with Gasteiger partial charge in [-0.1, -0.05) is 12.1 Å². The third-order valence-electron chi connectivity index (χ3n) is 4.70. The van der Waals surface area contributed by atoms with Gasteiger partial charge >= 0.3 is 6.03 Å². The van der Waals surface area contributed by atoms with E-state index < -0.39 is 23.4 Å². The molecule has 0 radical (unpaired) electrons. The van der Waals surface area contributed by atoms with Crippen LogP contribution in [-0.2, 0) is 4.79 Å². The number of ether oxygens (including phenoxy) is 1. The van der Waals surface area contributed by atoms with E-state index in [1.807, 2.05) is 38.1 Å². The molecule has 3 rings (SSSR count). The Kier molecular flexibility index (Phi) is 5.03. The van der Waals surface area contributed by atoms with Crippen molar-refractivity contribution in [2.75, 3.05) is 12.4 Å². The molecule has 0 aromatic heterocycles. The maximum atomic E-state index is 13.0.